The van der Waals surface area contributed by atoms with Gasteiger partial charge in [-0.15, -0.1) is 0 Å². The maximum Gasteiger partial charge on any atom is 0.410 e. The number of benzene rings is 1. The first-order chi connectivity index (χ1) is 11.1. The zero-order chi connectivity index (χ0) is 17.7. The summed E-state index contributed by atoms with van der Waals surface area (Å²) in [5.41, 5.74) is 1.01. The molecule has 0 aliphatic carbocycles. The van der Waals surface area contributed by atoms with E-state index in [1.165, 1.54) is 0 Å². The fraction of sp³-hybridized carbons (Fsp3) is 0.556. The highest BCUT2D eigenvalue weighted by molar-refractivity contribution is 9.10. The van der Waals surface area contributed by atoms with Crippen LogP contribution in [-0.2, 0) is 14.9 Å². The number of amides is 2. The van der Waals surface area contributed by atoms with Crippen LogP contribution in [0.4, 0.5) is 10.5 Å². The second-order valence-electron chi connectivity index (χ2n) is 7.58. The van der Waals surface area contributed by atoms with Gasteiger partial charge in [-0.05, 0) is 51.3 Å². The van der Waals surface area contributed by atoms with Gasteiger partial charge < -0.3 is 14.5 Å². The van der Waals surface area contributed by atoms with Crippen LogP contribution in [0.5, 0.6) is 0 Å². The first-order valence-electron chi connectivity index (χ1n) is 8.20. The second kappa shape index (κ2) is 5.76. The van der Waals surface area contributed by atoms with E-state index in [-0.39, 0.29) is 12.0 Å². The third kappa shape index (κ3) is 2.81. The summed E-state index contributed by atoms with van der Waals surface area (Å²) in [6.07, 6.45) is 0.959. The van der Waals surface area contributed by atoms with Gasteiger partial charge in [0.15, 0.2) is 0 Å². The lowest BCUT2D eigenvalue weighted by atomic mass is 9.74. The predicted octanol–water partition coefficient (Wildman–Crippen LogP) is 3.69. The van der Waals surface area contributed by atoms with Crippen LogP contribution in [0.1, 0.15) is 39.2 Å². The SMILES string of the molecule is CN1C(=O)C2(CCN(C(=O)OC(C)(C)C)CC2)c2ccc(Br)cc21. The molecule has 6 heteroatoms. The number of fused-ring (bicyclic) bond motifs is 2. The molecule has 2 heterocycles. The molecular formula is C18H23BrN2O3. The van der Waals surface area contributed by atoms with Gasteiger partial charge >= 0.3 is 6.09 Å². The summed E-state index contributed by atoms with van der Waals surface area (Å²) in [5.74, 6) is 0.124. The van der Waals surface area contributed by atoms with Gasteiger partial charge in [-0.1, -0.05) is 22.0 Å². The van der Waals surface area contributed by atoms with Gasteiger partial charge in [0, 0.05) is 30.3 Å². The van der Waals surface area contributed by atoms with Crippen molar-refractivity contribution in [2.75, 3.05) is 25.0 Å². The summed E-state index contributed by atoms with van der Waals surface area (Å²) in [5, 5.41) is 0. The molecule has 0 radical (unpaired) electrons. The number of anilines is 1. The highest BCUT2D eigenvalue weighted by Gasteiger charge is 2.51. The van der Waals surface area contributed by atoms with Gasteiger partial charge in [-0.3, -0.25) is 4.79 Å². The van der Waals surface area contributed by atoms with Crippen molar-refractivity contribution in [1.29, 1.82) is 0 Å². The molecule has 2 amide bonds. The number of halogens is 1. The van der Waals surface area contributed by atoms with E-state index in [0.717, 1.165) is 15.7 Å². The van der Waals surface area contributed by atoms with Crippen LogP contribution in [0.3, 0.4) is 0 Å². The average Bonchev–Trinajstić information content (AvgIpc) is 2.69. The summed E-state index contributed by atoms with van der Waals surface area (Å²) in [7, 11) is 1.82. The smallest absolute Gasteiger partial charge is 0.410 e. The predicted molar refractivity (Wildman–Crippen MR) is 96.3 cm³/mol. The van der Waals surface area contributed by atoms with Crippen LogP contribution < -0.4 is 4.90 Å². The van der Waals surface area contributed by atoms with Crippen LogP contribution in [0.15, 0.2) is 22.7 Å². The van der Waals surface area contributed by atoms with Gasteiger partial charge in [0.05, 0.1) is 5.41 Å². The van der Waals surface area contributed by atoms with Gasteiger partial charge in [0.2, 0.25) is 5.91 Å². The van der Waals surface area contributed by atoms with Gasteiger partial charge in [0.25, 0.3) is 0 Å². The lowest BCUT2D eigenvalue weighted by Gasteiger charge is -2.38. The molecule has 2 aliphatic heterocycles. The Kier molecular flexibility index (Phi) is 4.14. The summed E-state index contributed by atoms with van der Waals surface area (Å²) in [6, 6.07) is 6.00. The van der Waals surface area contributed by atoms with E-state index >= 15 is 0 Å². The van der Waals surface area contributed by atoms with Crippen molar-refractivity contribution in [2.45, 2.75) is 44.6 Å². The van der Waals surface area contributed by atoms with Crippen molar-refractivity contribution in [3.05, 3.63) is 28.2 Å². The molecular weight excluding hydrogens is 372 g/mol. The summed E-state index contributed by atoms with van der Waals surface area (Å²) >= 11 is 3.47. The van der Waals surface area contributed by atoms with E-state index in [1.54, 1.807) is 9.80 Å². The maximum absolute atomic E-state index is 12.9. The van der Waals surface area contributed by atoms with Crippen LogP contribution in [0.25, 0.3) is 0 Å². The van der Waals surface area contributed by atoms with Gasteiger partial charge in [-0.25, -0.2) is 4.79 Å². The van der Waals surface area contributed by atoms with Crippen molar-refractivity contribution in [1.82, 2.24) is 4.90 Å². The highest BCUT2D eigenvalue weighted by Crippen LogP contribution is 2.48. The average molecular weight is 395 g/mol. The van der Waals surface area contributed by atoms with Gasteiger partial charge in [0.1, 0.15) is 5.60 Å². The number of hydrogen-bond acceptors (Lipinski definition) is 3. The van der Waals surface area contributed by atoms with Crippen LogP contribution in [-0.4, -0.2) is 42.6 Å². The molecule has 1 fully saturated rings. The molecule has 2 aliphatic rings. The molecule has 1 saturated heterocycles. The number of rotatable bonds is 0. The van der Waals surface area contributed by atoms with Crippen molar-refractivity contribution in [3.8, 4) is 0 Å². The monoisotopic (exact) mass is 394 g/mol. The lowest BCUT2D eigenvalue weighted by molar-refractivity contribution is -0.124. The fourth-order valence-electron chi connectivity index (χ4n) is 3.61. The standard InChI is InChI=1S/C18H23BrN2O3/c1-17(2,3)24-16(23)21-9-7-18(8-10-21)13-6-5-12(19)11-14(13)20(4)15(18)22/h5-6,11H,7-10H2,1-4H3. The molecule has 0 N–H and O–H groups in total. The summed E-state index contributed by atoms with van der Waals surface area (Å²) in [6.45, 7) is 6.65. The third-order valence-electron chi connectivity index (χ3n) is 4.82. The molecule has 0 bridgehead atoms. The minimum absolute atomic E-state index is 0.124. The fourth-order valence-corrected chi connectivity index (χ4v) is 3.96. The minimum atomic E-state index is -0.511. The number of piperidine rings is 1. The van der Waals surface area contributed by atoms with Gasteiger partial charge in [-0.2, -0.15) is 0 Å². The van der Waals surface area contributed by atoms with Crippen molar-refractivity contribution in [2.24, 2.45) is 0 Å². The Bertz CT molecular complexity index is 688. The number of ether oxygens (including phenoxy) is 1. The van der Waals surface area contributed by atoms with Crippen molar-refractivity contribution in [3.63, 3.8) is 0 Å². The largest absolute Gasteiger partial charge is 0.444 e. The Morgan fingerprint density at radius 3 is 2.46 bits per heavy atom. The van der Waals surface area contributed by atoms with Crippen molar-refractivity contribution < 1.29 is 14.3 Å². The maximum atomic E-state index is 12.9. The molecule has 1 aromatic carbocycles. The van der Waals surface area contributed by atoms with E-state index in [0.29, 0.717) is 25.9 Å². The summed E-state index contributed by atoms with van der Waals surface area (Å²) in [4.78, 5) is 28.6. The number of nitrogens with zero attached hydrogens (tertiary/aromatic N) is 2. The zero-order valence-electron chi connectivity index (χ0n) is 14.6. The molecule has 130 valence electrons. The molecule has 5 nitrogen and oxygen atoms in total. The quantitative estimate of drug-likeness (QED) is 0.673. The molecule has 0 unspecified atom stereocenters. The molecule has 24 heavy (non-hydrogen) atoms. The minimum Gasteiger partial charge on any atom is -0.444 e. The first kappa shape index (κ1) is 17.3. The number of carbonyl (C=O) groups is 2. The number of carbonyl (C=O) groups excluding carboxylic acids is 2. The molecule has 0 saturated carbocycles. The Hall–Kier alpha value is -1.56. The van der Waals surface area contributed by atoms with Crippen LogP contribution in [0, 0.1) is 0 Å². The Morgan fingerprint density at radius 2 is 1.88 bits per heavy atom. The molecule has 3 rings (SSSR count). The normalized spacial score (nSPS) is 19.6. The molecule has 0 aromatic heterocycles. The van der Waals surface area contributed by atoms with E-state index in [1.807, 2.05) is 46.0 Å². The van der Waals surface area contributed by atoms with Crippen molar-refractivity contribution >= 4 is 33.6 Å². The molecule has 1 aromatic rings. The Labute approximate surface area is 151 Å². The number of likely N-dealkylation sites (tertiary alicyclic amines) is 1. The van der Waals surface area contributed by atoms with E-state index in [4.69, 9.17) is 4.74 Å². The topological polar surface area (TPSA) is 49.9 Å². The Balaban J connectivity index is 1.81. The van der Waals surface area contributed by atoms with E-state index in [2.05, 4.69) is 15.9 Å². The first-order valence-corrected chi connectivity index (χ1v) is 8.99. The van der Waals surface area contributed by atoms with E-state index in [9.17, 15) is 9.59 Å². The van der Waals surface area contributed by atoms with E-state index < -0.39 is 11.0 Å². The number of hydrogen-bond donors (Lipinski definition) is 0. The molecule has 1 spiro atoms. The van der Waals surface area contributed by atoms with Crippen LogP contribution >= 0.6 is 15.9 Å². The third-order valence-corrected chi connectivity index (χ3v) is 5.31. The Morgan fingerprint density at radius 1 is 1.25 bits per heavy atom. The second-order valence-corrected chi connectivity index (χ2v) is 8.49. The molecule has 0 atom stereocenters. The zero-order valence-corrected chi connectivity index (χ0v) is 16.1. The number of likely N-dealkylation sites (N-methyl/N-ethyl adjacent to an activating group) is 1. The highest BCUT2D eigenvalue weighted by atomic mass is 79.9. The van der Waals surface area contributed by atoms with Crippen LogP contribution in [0.2, 0.25) is 0 Å². The lowest BCUT2D eigenvalue weighted by Crippen LogP contribution is -2.50. The summed E-state index contributed by atoms with van der Waals surface area (Å²) < 4.78 is 6.41.